The number of hydrogen-bond donors (Lipinski definition) is 2. The van der Waals surface area contributed by atoms with E-state index in [-0.39, 0.29) is 17.9 Å². The number of benzene rings is 1. The quantitative estimate of drug-likeness (QED) is 0.734. The molecular formula is C18H24N2O3. The van der Waals surface area contributed by atoms with Gasteiger partial charge in [-0.1, -0.05) is 24.6 Å². The molecule has 1 aromatic carbocycles. The first-order valence-corrected chi connectivity index (χ1v) is 8.08. The molecule has 0 aliphatic rings. The third-order valence-electron chi connectivity index (χ3n) is 3.70. The molecule has 2 aromatic rings. The molecule has 1 unspecified atom stereocenters. The molecule has 124 valence electrons. The Morgan fingerprint density at radius 3 is 2.70 bits per heavy atom. The van der Waals surface area contributed by atoms with Gasteiger partial charge in [-0.25, -0.2) is 0 Å². The van der Waals surface area contributed by atoms with Gasteiger partial charge in [0, 0.05) is 25.3 Å². The highest BCUT2D eigenvalue weighted by molar-refractivity contribution is 5.79. The molecule has 0 radical (unpaired) electrons. The van der Waals surface area contributed by atoms with Crippen molar-refractivity contribution in [1.29, 1.82) is 0 Å². The maximum atomic E-state index is 12.0. The zero-order valence-electron chi connectivity index (χ0n) is 13.7. The highest BCUT2D eigenvalue weighted by Gasteiger charge is 2.13. The molecule has 2 N–H and O–H groups in total. The van der Waals surface area contributed by atoms with Gasteiger partial charge in [-0.2, -0.15) is 0 Å². The number of carbonyl (C=O) groups excluding carboxylic acids is 2. The molecule has 5 heteroatoms. The molecular weight excluding hydrogens is 292 g/mol. The maximum absolute atomic E-state index is 12.0. The van der Waals surface area contributed by atoms with E-state index in [1.54, 1.807) is 0 Å². The van der Waals surface area contributed by atoms with Crippen LogP contribution in [0.1, 0.15) is 51.3 Å². The van der Waals surface area contributed by atoms with Crippen LogP contribution >= 0.6 is 0 Å². The van der Waals surface area contributed by atoms with Crippen LogP contribution in [0.4, 0.5) is 0 Å². The summed E-state index contributed by atoms with van der Waals surface area (Å²) in [5.41, 5.74) is 0.835. The number of rotatable bonds is 8. The van der Waals surface area contributed by atoms with Gasteiger partial charge in [-0.15, -0.1) is 0 Å². The largest absolute Gasteiger partial charge is 0.459 e. The van der Waals surface area contributed by atoms with Crippen LogP contribution in [0.5, 0.6) is 0 Å². The minimum Gasteiger partial charge on any atom is -0.459 e. The summed E-state index contributed by atoms with van der Waals surface area (Å²) in [6.45, 7) is 4.10. The lowest BCUT2D eigenvalue weighted by Gasteiger charge is -2.11. The standard InChI is InChI=1S/C18H24N2O3/c1-13(17-12-15-8-5-6-9-16(15)23-17)20-18(22)10-4-3-7-11-19-14(2)21/h5-6,8-9,12-13H,3-4,7,10-11H2,1-2H3,(H,19,21)(H,20,22). The van der Waals surface area contributed by atoms with E-state index in [4.69, 9.17) is 4.42 Å². The van der Waals surface area contributed by atoms with Gasteiger partial charge < -0.3 is 15.1 Å². The SMILES string of the molecule is CC(=O)NCCCCCC(=O)NC(C)c1cc2ccccc2o1. The van der Waals surface area contributed by atoms with Crippen molar-refractivity contribution < 1.29 is 14.0 Å². The molecule has 0 saturated heterocycles. The van der Waals surface area contributed by atoms with Crippen LogP contribution in [-0.4, -0.2) is 18.4 Å². The van der Waals surface area contributed by atoms with Crippen molar-refractivity contribution in [2.45, 2.75) is 45.6 Å². The summed E-state index contributed by atoms with van der Waals surface area (Å²) in [6, 6.07) is 9.63. The van der Waals surface area contributed by atoms with E-state index in [1.165, 1.54) is 6.92 Å². The molecule has 0 bridgehead atoms. The van der Waals surface area contributed by atoms with E-state index in [1.807, 2.05) is 37.3 Å². The van der Waals surface area contributed by atoms with Crippen LogP contribution < -0.4 is 10.6 Å². The molecule has 0 fully saturated rings. The Kier molecular flexibility index (Phi) is 6.20. The number of amides is 2. The van der Waals surface area contributed by atoms with E-state index in [0.29, 0.717) is 13.0 Å². The second-order valence-corrected chi connectivity index (χ2v) is 5.77. The summed E-state index contributed by atoms with van der Waals surface area (Å²) in [5.74, 6) is 0.782. The number of para-hydroxylation sites is 1. The van der Waals surface area contributed by atoms with Gasteiger partial charge in [0.1, 0.15) is 11.3 Å². The van der Waals surface area contributed by atoms with E-state index < -0.39 is 0 Å². The fourth-order valence-corrected chi connectivity index (χ4v) is 2.45. The van der Waals surface area contributed by atoms with Crippen molar-refractivity contribution in [3.05, 3.63) is 36.1 Å². The molecule has 0 saturated carbocycles. The topological polar surface area (TPSA) is 71.3 Å². The fraction of sp³-hybridized carbons (Fsp3) is 0.444. The Morgan fingerprint density at radius 1 is 1.17 bits per heavy atom. The summed E-state index contributed by atoms with van der Waals surface area (Å²) >= 11 is 0. The lowest BCUT2D eigenvalue weighted by molar-refractivity contribution is -0.122. The summed E-state index contributed by atoms with van der Waals surface area (Å²) in [7, 11) is 0. The molecule has 2 rings (SSSR count). The van der Waals surface area contributed by atoms with Crippen LogP contribution in [0, 0.1) is 0 Å². The average molecular weight is 316 g/mol. The van der Waals surface area contributed by atoms with E-state index in [0.717, 1.165) is 36.0 Å². The van der Waals surface area contributed by atoms with Gasteiger partial charge in [-0.05, 0) is 31.9 Å². The number of fused-ring (bicyclic) bond motifs is 1. The summed E-state index contributed by atoms with van der Waals surface area (Å²) in [6.07, 6.45) is 3.13. The highest BCUT2D eigenvalue weighted by Crippen LogP contribution is 2.23. The Labute approximate surface area is 136 Å². The van der Waals surface area contributed by atoms with Crippen LogP contribution in [0.2, 0.25) is 0 Å². The van der Waals surface area contributed by atoms with Crippen molar-refractivity contribution >= 4 is 22.8 Å². The molecule has 5 nitrogen and oxygen atoms in total. The Bertz CT molecular complexity index is 630. The van der Waals surface area contributed by atoms with Crippen LogP contribution in [0.25, 0.3) is 11.0 Å². The molecule has 1 aromatic heterocycles. The number of carbonyl (C=O) groups is 2. The molecule has 1 atom stereocenters. The summed E-state index contributed by atoms with van der Waals surface area (Å²) in [5, 5.41) is 6.76. The Hall–Kier alpha value is -2.30. The van der Waals surface area contributed by atoms with Crippen molar-refractivity contribution in [1.82, 2.24) is 10.6 Å². The zero-order valence-corrected chi connectivity index (χ0v) is 13.7. The molecule has 0 aliphatic heterocycles. The van der Waals surface area contributed by atoms with Crippen molar-refractivity contribution in [2.75, 3.05) is 6.54 Å². The molecule has 1 heterocycles. The number of unbranched alkanes of at least 4 members (excludes halogenated alkanes) is 2. The fourth-order valence-electron chi connectivity index (χ4n) is 2.45. The van der Waals surface area contributed by atoms with Crippen molar-refractivity contribution in [3.63, 3.8) is 0 Å². The molecule has 23 heavy (non-hydrogen) atoms. The molecule has 0 spiro atoms. The average Bonchev–Trinajstić information content (AvgIpc) is 2.94. The normalized spacial score (nSPS) is 12.1. The number of nitrogens with one attached hydrogen (secondary N) is 2. The first-order chi connectivity index (χ1) is 11.1. The van der Waals surface area contributed by atoms with E-state index in [9.17, 15) is 9.59 Å². The third-order valence-corrected chi connectivity index (χ3v) is 3.70. The van der Waals surface area contributed by atoms with E-state index >= 15 is 0 Å². The predicted octanol–water partition coefficient (Wildman–Crippen LogP) is 3.31. The van der Waals surface area contributed by atoms with Crippen molar-refractivity contribution in [2.24, 2.45) is 0 Å². The van der Waals surface area contributed by atoms with Gasteiger partial charge in [0.2, 0.25) is 11.8 Å². The second kappa shape index (κ2) is 8.36. The van der Waals surface area contributed by atoms with Crippen LogP contribution in [0.15, 0.2) is 34.7 Å². The third kappa shape index (κ3) is 5.43. The maximum Gasteiger partial charge on any atom is 0.220 e. The van der Waals surface area contributed by atoms with Gasteiger partial charge in [0.15, 0.2) is 0 Å². The van der Waals surface area contributed by atoms with Gasteiger partial charge in [-0.3, -0.25) is 9.59 Å². The number of furan rings is 1. The first kappa shape index (κ1) is 17.1. The smallest absolute Gasteiger partial charge is 0.220 e. The zero-order chi connectivity index (χ0) is 16.7. The Morgan fingerprint density at radius 2 is 1.96 bits per heavy atom. The summed E-state index contributed by atoms with van der Waals surface area (Å²) in [4.78, 5) is 22.7. The predicted molar refractivity (Wildman–Crippen MR) is 89.9 cm³/mol. The molecule has 0 aliphatic carbocycles. The minimum absolute atomic E-state index is 0.0117. The van der Waals surface area contributed by atoms with Gasteiger partial charge in [0.25, 0.3) is 0 Å². The first-order valence-electron chi connectivity index (χ1n) is 8.08. The minimum atomic E-state index is -0.144. The highest BCUT2D eigenvalue weighted by atomic mass is 16.3. The Balaban J connectivity index is 1.71. The number of hydrogen-bond acceptors (Lipinski definition) is 3. The lowest BCUT2D eigenvalue weighted by atomic mass is 10.1. The molecule has 2 amide bonds. The lowest BCUT2D eigenvalue weighted by Crippen LogP contribution is -2.26. The van der Waals surface area contributed by atoms with Crippen molar-refractivity contribution in [3.8, 4) is 0 Å². The summed E-state index contributed by atoms with van der Waals surface area (Å²) < 4.78 is 5.76. The van der Waals surface area contributed by atoms with Crippen LogP contribution in [-0.2, 0) is 9.59 Å². The van der Waals surface area contributed by atoms with Gasteiger partial charge in [0.05, 0.1) is 6.04 Å². The van der Waals surface area contributed by atoms with Crippen LogP contribution in [0.3, 0.4) is 0 Å². The second-order valence-electron chi connectivity index (χ2n) is 5.77. The monoisotopic (exact) mass is 316 g/mol. The van der Waals surface area contributed by atoms with Gasteiger partial charge >= 0.3 is 0 Å². The van der Waals surface area contributed by atoms with E-state index in [2.05, 4.69) is 10.6 Å².